The summed E-state index contributed by atoms with van der Waals surface area (Å²) in [6.45, 7) is 6.61. The van der Waals surface area contributed by atoms with E-state index in [9.17, 15) is 4.79 Å². The monoisotopic (exact) mass is 323 g/mol. The number of aromatic nitrogens is 2. The summed E-state index contributed by atoms with van der Waals surface area (Å²) in [5.74, 6) is 0. The molecule has 0 N–H and O–H groups in total. The molecule has 2 rings (SSSR count). The van der Waals surface area contributed by atoms with E-state index >= 15 is 0 Å². The summed E-state index contributed by atoms with van der Waals surface area (Å²) in [5, 5.41) is 9.99. The van der Waals surface area contributed by atoms with E-state index < -0.39 is 0 Å². The van der Waals surface area contributed by atoms with Crippen LogP contribution in [0.5, 0.6) is 0 Å². The van der Waals surface area contributed by atoms with Gasteiger partial charge in [-0.1, -0.05) is 11.8 Å². The lowest BCUT2D eigenvalue weighted by molar-refractivity contribution is 0.183. The number of aryl methyl sites for hydroxylation is 2. The Labute approximate surface area is 131 Å². The first-order chi connectivity index (χ1) is 9.99. The van der Waals surface area contributed by atoms with E-state index in [1.807, 2.05) is 13.8 Å². The molecule has 0 unspecified atom stereocenters. The van der Waals surface area contributed by atoms with E-state index in [-0.39, 0.29) is 10.8 Å². The minimum absolute atomic E-state index is 0.0495. The van der Waals surface area contributed by atoms with Crippen molar-refractivity contribution in [2.24, 2.45) is 0 Å². The zero-order valence-corrected chi connectivity index (χ0v) is 14.1. The molecule has 0 aliphatic carbocycles. The lowest BCUT2D eigenvalue weighted by Crippen LogP contribution is -2.25. The number of methoxy groups -OCH3 is 1. The van der Waals surface area contributed by atoms with Gasteiger partial charge in [-0.05, 0) is 26.3 Å². The number of thiophene rings is 1. The second-order valence-corrected chi connectivity index (χ2v) is 7.21. The van der Waals surface area contributed by atoms with Crippen LogP contribution in [-0.2, 0) is 11.3 Å². The first kappa shape index (κ1) is 16.0. The van der Waals surface area contributed by atoms with Gasteiger partial charge in [-0.3, -0.25) is 9.36 Å². The maximum Gasteiger partial charge on any atom is 0.263 e. The van der Waals surface area contributed by atoms with Crippen LogP contribution < -0.4 is 5.56 Å². The van der Waals surface area contributed by atoms with Gasteiger partial charge in [-0.2, -0.15) is 5.26 Å². The molecule has 2 aromatic rings. The van der Waals surface area contributed by atoms with Crippen molar-refractivity contribution in [2.75, 3.05) is 13.7 Å². The minimum Gasteiger partial charge on any atom is -0.383 e. The second kappa shape index (κ2) is 6.60. The van der Waals surface area contributed by atoms with Crippen molar-refractivity contribution in [3.63, 3.8) is 0 Å². The predicted octanol–water partition coefficient (Wildman–Crippen LogP) is 2.73. The standard InChI is InChI=1S/C14H17N3O2S2/c1-8(7-15)20-14-16-12-11(9(2)10(3)21-12)13(18)17(14)5-6-19-4/h8H,5-6H2,1-4H3/t8-/m1/s1. The number of thioether (sulfide) groups is 1. The van der Waals surface area contributed by atoms with Gasteiger partial charge in [0.25, 0.3) is 5.56 Å². The molecule has 0 spiro atoms. The van der Waals surface area contributed by atoms with Crippen LogP contribution in [0.4, 0.5) is 0 Å². The molecule has 0 aliphatic rings. The maximum absolute atomic E-state index is 12.7. The highest BCUT2D eigenvalue weighted by Crippen LogP contribution is 2.29. The molecule has 0 saturated carbocycles. The Balaban J connectivity index is 2.65. The number of ether oxygens (including phenoxy) is 1. The van der Waals surface area contributed by atoms with Gasteiger partial charge < -0.3 is 4.74 Å². The van der Waals surface area contributed by atoms with Crippen molar-refractivity contribution < 1.29 is 4.74 Å². The smallest absolute Gasteiger partial charge is 0.263 e. The first-order valence-corrected chi connectivity index (χ1v) is 8.25. The summed E-state index contributed by atoms with van der Waals surface area (Å²) in [6, 6.07) is 2.16. The molecule has 0 bridgehead atoms. The van der Waals surface area contributed by atoms with Crippen molar-refractivity contribution in [1.82, 2.24) is 9.55 Å². The number of hydrogen-bond acceptors (Lipinski definition) is 6. The molecule has 0 radical (unpaired) electrons. The van der Waals surface area contributed by atoms with Crippen LogP contribution in [0.1, 0.15) is 17.4 Å². The molecule has 0 amide bonds. The normalized spacial score (nSPS) is 12.5. The number of nitriles is 1. The van der Waals surface area contributed by atoms with Crippen LogP contribution in [0.25, 0.3) is 10.2 Å². The van der Waals surface area contributed by atoms with Gasteiger partial charge in [0.15, 0.2) is 5.16 Å². The number of fused-ring (bicyclic) bond motifs is 1. The second-order valence-electron chi connectivity index (χ2n) is 4.70. The fraction of sp³-hybridized carbons (Fsp3) is 0.500. The van der Waals surface area contributed by atoms with Crippen molar-refractivity contribution in [3.8, 4) is 6.07 Å². The molecule has 2 aromatic heterocycles. The van der Waals surface area contributed by atoms with E-state index in [0.29, 0.717) is 23.7 Å². The Bertz CT molecular complexity index is 758. The Kier molecular flexibility index (Phi) is 5.04. The van der Waals surface area contributed by atoms with Crippen molar-refractivity contribution in [1.29, 1.82) is 5.26 Å². The van der Waals surface area contributed by atoms with Crippen LogP contribution in [0, 0.1) is 25.2 Å². The highest BCUT2D eigenvalue weighted by molar-refractivity contribution is 8.00. The SMILES string of the molecule is COCCn1c(S[C@H](C)C#N)nc2sc(C)c(C)c2c1=O. The average Bonchev–Trinajstić information content (AvgIpc) is 2.73. The third-order valence-corrected chi connectivity index (χ3v) is 5.32. The first-order valence-electron chi connectivity index (χ1n) is 6.55. The Morgan fingerprint density at radius 3 is 2.86 bits per heavy atom. The van der Waals surface area contributed by atoms with Gasteiger partial charge in [0.1, 0.15) is 4.83 Å². The molecule has 0 aromatic carbocycles. The van der Waals surface area contributed by atoms with Crippen molar-refractivity contribution in [3.05, 3.63) is 20.8 Å². The molecule has 0 aliphatic heterocycles. The Morgan fingerprint density at radius 2 is 2.24 bits per heavy atom. The summed E-state index contributed by atoms with van der Waals surface area (Å²) >= 11 is 2.83. The summed E-state index contributed by atoms with van der Waals surface area (Å²) in [6.07, 6.45) is 0. The molecule has 2 heterocycles. The van der Waals surface area contributed by atoms with Crippen LogP contribution in [0.15, 0.2) is 9.95 Å². The van der Waals surface area contributed by atoms with Crippen LogP contribution in [0.3, 0.4) is 0 Å². The Hall–Kier alpha value is -1.36. The molecular weight excluding hydrogens is 306 g/mol. The molecule has 21 heavy (non-hydrogen) atoms. The Morgan fingerprint density at radius 1 is 1.52 bits per heavy atom. The zero-order chi connectivity index (χ0) is 15.6. The maximum atomic E-state index is 12.7. The van der Waals surface area contributed by atoms with Gasteiger partial charge >= 0.3 is 0 Å². The summed E-state index contributed by atoms with van der Waals surface area (Å²) in [7, 11) is 1.60. The highest BCUT2D eigenvalue weighted by atomic mass is 32.2. The van der Waals surface area contributed by atoms with E-state index in [1.54, 1.807) is 18.6 Å². The molecular formula is C14H17N3O2S2. The molecule has 0 saturated heterocycles. The number of nitrogens with zero attached hydrogens (tertiary/aromatic N) is 3. The van der Waals surface area contributed by atoms with Gasteiger partial charge in [0, 0.05) is 12.0 Å². The summed E-state index contributed by atoms with van der Waals surface area (Å²) < 4.78 is 6.69. The fourth-order valence-corrected chi connectivity index (χ4v) is 3.85. The molecule has 112 valence electrons. The summed E-state index contributed by atoms with van der Waals surface area (Å²) in [5.41, 5.74) is 0.940. The molecule has 7 heteroatoms. The topological polar surface area (TPSA) is 67.9 Å². The van der Waals surface area contributed by atoms with Gasteiger partial charge in [0.05, 0.1) is 29.9 Å². The van der Waals surface area contributed by atoms with Crippen LogP contribution in [-0.4, -0.2) is 28.5 Å². The minimum atomic E-state index is -0.259. The zero-order valence-electron chi connectivity index (χ0n) is 12.5. The summed E-state index contributed by atoms with van der Waals surface area (Å²) in [4.78, 5) is 19.2. The van der Waals surface area contributed by atoms with E-state index in [2.05, 4.69) is 11.1 Å². The van der Waals surface area contributed by atoms with Crippen LogP contribution in [0.2, 0.25) is 0 Å². The predicted molar refractivity (Wildman–Crippen MR) is 86.2 cm³/mol. The van der Waals surface area contributed by atoms with Crippen molar-refractivity contribution in [2.45, 2.75) is 37.7 Å². The average molecular weight is 323 g/mol. The fourth-order valence-electron chi connectivity index (χ4n) is 1.96. The molecule has 0 fully saturated rings. The third-order valence-electron chi connectivity index (χ3n) is 3.24. The van der Waals surface area contributed by atoms with Gasteiger partial charge in [-0.25, -0.2) is 4.98 Å². The van der Waals surface area contributed by atoms with Crippen LogP contribution >= 0.6 is 23.1 Å². The third kappa shape index (κ3) is 3.12. The number of hydrogen-bond donors (Lipinski definition) is 0. The molecule has 5 nitrogen and oxygen atoms in total. The largest absolute Gasteiger partial charge is 0.383 e. The highest BCUT2D eigenvalue weighted by Gasteiger charge is 2.18. The quantitative estimate of drug-likeness (QED) is 0.625. The van der Waals surface area contributed by atoms with E-state index in [1.165, 1.54) is 23.1 Å². The number of rotatable bonds is 5. The van der Waals surface area contributed by atoms with E-state index in [4.69, 9.17) is 10.00 Å². The van der Waals surface area contributed by atoms with Gasteiger partial charge in [0.2, 0.25) is 0 Å². The molecule has 1 atom stereocenters. The lowest BCUT2D eigenvalue weighted by Gasteiger charge is -2.12. The van der Waals surface area contributed by atoms with Gasteiger partial charge in [-0.15, -0.1) is 11.3 Å². The lowest BCUT2D eigenvalue weighted by atomic mass is 10.2. The van der Waals surface area contributed by atoms with Crippen molar-refractivity contribution >= 4 is 33.3 Å². The van der Waals surface area contributed by atoms with E-state index in [0.717, 1.165) is 15.3 Å².